The van der Waals surface area contributed by atoms with Crippen molar-refractivity contribution in [2.24, 2.45) is 0 Å². The number of hydrogen-bond acceptors (Lipinski definition) is 8. The standard InChI is InChI=1S/C31H30N4O5S/c1-20-15-21(2)33-31(32-20)41-18-28(36)35(17-22-7-5-4-6-8-22)29(23-9-14-26-27(16-23)40-19-39-26)30(37)34-24-10-12-25(38-3)13-11-24/h4-16,29H,17-19H2,1-3H3,(H,34,37). The molecule has 0 spiro atoms. The second-order valence-corrected chi connectivity index (χ2v) is 10.4. The van der Waals surface area contributed by atoms with Crippen molar-refractivity contribution in [1.29, 1.82) is 0 Å². The molecule has 10 heteroatoms. The van der Waals surface area contributed by atoms with Crippen molar-refractivity contribution >= 4 is 29.3 Å². The summed E-state index contributed by atoms with van der Waals surface area (Å²) in [6.07, 6.45) is 0. The third-order valence-corrected chi connectivity index (χ3v) is 7.26. The molecule has 41 heavy (non-hydrogen) atoms. The number of amides is 2. The quantitative estimate of drug-likeness (QED) is 0.202. The smallest absolute Gasteiger partial charge is 0.251 e. The molecule has 3 aromatic carbocycles. The first kappa shape index (κ1) is 28.0. The Kier molecular flexibility index (Phi) is 8.69. The summed E-state index contributed by atoms with van der Waals surface area (Å²) in [5, 5.41) is 3.49. The van der Waals surface area contributed by atoms with Crippen LogP contribution in [0.1, 0.15) is 28.6 Å². The van der Waals surface area contributed by atoms with Gasteiger partial charge in [-0.25, -0.2) is 9.97 Å². The molecule has 2 heterocycles. The number of nitrogens with zero attached hydrogens (tertiary/aromatic N) is 3. The number of thioether (sulfide) groups is 1. The van der Waals surface area contributed by atoms with E-state index in [1.165, 1.54) is 11.8 Å². The Hall–Kier alpha value is -4.57. The summed E-state index contributed by atoms with van der Waals surface area (Å²) in [5.74, 6) is 1.22. The van der Waals surface area contributed by atoms with Gasteiger partial charge in [0.05, 0.1) is 12.9 Å². The third-order valence-electron chi connectivity index (χ3n) is 6.43. The SMILES string of the molecule is COc1ccc(NC(=O)C(c2ccc3c(c2)OCO3)N(Cc2ccccc2)C(=O)CSc2nc(C)cc(C)n2)cc1. The fraction of sp³-hybridized carbons (Fsp3) is 0.226. The largest absolute Gasteiger partial charge is 0.497 e. The van der Waals surface area contributed by atoms with Crippen LogP contribution in [0.2, 0.25) is 0 Å². The van der Waals surface area contributed by atoms with Gasteiger partial charge in [0, 0.05) is 23.6 Å². The van der Waals surface area contributed by atoms with Gasteiger partial charge in [-0.3, -0.25) is 9.59 Å². The van der Waals surface area contributed by atoms with Gasteiger partial charge in [0.25, 0.3) is 5.91 Å². The number of anilines is 1. The molecule has 9 nitrogen and oxygen atoms in total. The molecule has 1 aromatic heterocycles. The van der Waals surface area contributed by atoms with Gasteiger partial charge >= 0.3 is 0 Å². The van der Waals surface area contributed by atoms with Crippen LogP contribution in [0.25, 0.3) is 0 Å². The summed E-state index contributed by atoms with van der Waals surface area (Å²) in [5.41, 5.74) is 3.71. The van der Waals surface area contributed by atoms with Crippen LogP contribution in [-0.4, -0.2) is 46.3 Å². The Bertz CT molecular complexity index is 1510. The zero-order valence-corrected chi connectivity index (χ0v) is 23.8. The number of benzene rings is 3. The zero-order chi connectivity index (χ0) is 28.8. The zero-order valence-electron chi connectivity index (χ0n) is 23.0. The number of nitrogens with one attached hydrogen (secondary N) is 1. The maximum atomic E-state index is 14.0. The molecule has 5 rings (SSSR count). The van der Waals surface area contributed by atoms with Crippen LogP contribution in [0.5, 0.6) is 17.2 Å². The number of carbonyl (C=O) groups excluding carboxylic acids is 2. The lowest BCUT2D eigenvalue weighted by Crippen LogP contribution is -2.41. The average Bonchev–Trinajstić information content (AvgIpc) is 3.44. The number of ether oxygens (including phenoxy) is 3. The van der Waals surface area contributed by atoms with Crippen LogP contribution in [0.3, 0.4) is 0 Å². The lowest BCUT2D eigenvalue weighted by Gasteiger charge is -2.31. The van der Waals surface area contributed by atoms with Gasteiger partial charge in [0.15, 0.2) is 16.7 Å². The molecular formula is C31H30N4O5S. The third kappa shape index (κ3) is 6.96. The minimum absolute atomic E-state index is 0.0482. The number of rotatable bonds is 10. The van der Waals surface area contributed by atoms with Gasteiger partial charge in [0.2, 0.25) is 12.7 Å². The van der Waals surface area contributed by atoms with Crippen molar-refractivity contribution in [2.45, 2.75) is 31.6 Å². The highest BCUT2D eigenvalue weighted by Gasteiger charge is 2.33. The maximum Gasteiger partial charge on any atom is 0.251 e. The van der Waals surface area contributed by atoms with Gasteiger partial charge in [-0.05, 0) is 67.4 Å². The van der Waals surface area contributed by atoms with Crippen LogP contribution >= 0.6 is 11.8 Å². The number of methoxy groups -OCH3 is 1. The highest BCUT2D eigenvalue weighted by Crippen LogP contribution is 2.37. The van der Waals surface area contributed by atoms with E-state index in [0.29, 0.717) is 33.7 Å². The van der Waals surface area contributed by atoms with Crippen molar-refractivity contribution in [2.75, 3.05) is 25.0 Å². The molecule has 0 saturated carbocycles. The normalized spacial score (nSPS) is 12.5. The van der Waals surface area contributed by atoms with Crippen LogP contribution in [0.15, 0.2) is 84.0 Å². The van der Waals surface area contributed by atoms with E-state index in [1.807, 2.05) is 50.2 Å². The molecule has 0 aliphatic carbocycles. The fourth-order valence-corrected chi connectivity index (χ4v) is 5.35. The number of carbonyl (C=O) groups is 2. The van der Waals surface area contributed by atoms with Crippen molar-refractivity contribution in [3.05, 3.63) is 101 Å². The Morgan fingerprint density at radius 3 is 2.37 bits per heavy atom. The van der Waals surface area contributed by atoms with Crippen LogP contribution in [0.4, 0.5) is 5.69 Å². The molecule has 0 bridgehead atoms. The summed E-state index contributed by atoms with van der Waals surface area (Å²) in [4.78, 5) is 38.5. The van der Waals surface area contributed by atoms with Crippen LogP contribution in [-0.2, 0) is 16.1 Å². The Morgan fingerprint density at radius 1 is 0.951 bits per heavy atom. The molecule has 0 saturated heterocycles. The summed E-state index contributed by atoms with van der Waals surface area (Å²) >= 11 is 1.24. The highest BCUT2D eigenvalue weighted by molar-refractivity contribution is 7.99. The number of hydrogen-bond donors (Lipinski definition) is 1. The summed E-state index contributed by atoms with van der Waals surface area (Å²) < 4.78 is 16.3. The second kappa shape index (κ2) is 12.7. The minimum Gasteiger partial charge on any atom is -0.497 e. The molecule has 1 aliphatic rings. The predicted molar refractivity (Wildman–Crippen MR) is 156 cm³/mol. The molecule has 0 radical (unpaired) electrons. The van der Waals surface area contributed by atoms with E-state index >= 15 is 0 Å². The monoisotopic (exact) mass is 570 g/mol. The van der Waals surface area contributed by atoms with Gasteiger partial charge in [0.1, 0.15) is 11.8 Å². The van der Waals surface area contributed by atoms with Gasteiger partial charge in [-0.15, -0.1) is 0 Å². The van der Waals surface area contributed by atoms with Crippen molar-refractivity contribution in [3.8, 4) is 17.2 Å². The van der Waals surface area contributed by atoms with Gasteiger partial charge in [-0.1, -0.05) is 48.2 Å². The van der Waals surface area contributed by atoms with Gasteiger partial charge in [-0.2, -0.15) is 0 Å². The number of fused-ring (bicyclic) bond motifs is 1. The summed E-state index contributed by atoms with van der Waals surface area (Å²) in [6, 6.07) is 22.8. The average molecular weight is 571 g/mol. The molecule has 1 atom stereocenters. The van der Waals surface area contributed by atoms with E-state index in [4.69, 9.17) is 14.2 Å². The molecule has 0 fully saturated rings. The fourth-order valence-electron chi connectivity index (χ4n) is 4.51. The molecule has 1 aliphatic heterocycles. The predicted octanol–water partition coefficient (Wildman–Crippen LogP) is 5.33. The first-order chi connectivity index (χ1) is 19.9. The minimum atomic E-state index is -0.972. The first-order valence-electron chi connectivity index (χ1n) is 13.0. The maximum absolute atomic E-state index is 14.0. The molecule has 1 N–H and O–H groups in total. The van der Waals surface area contributed by atoms with Crippen LogP contribution in [0, 0.1) is 13.8 Å². The van der Waals surface area contributed by atoms with E-state index in [-0.39, 0.29) is 30.9 Å². The van der Waals surface area contributed by atoms with E-state index < -0.39 is 6.04 Å². The summed E-state index contributed by atoms with van der Waals surface area (Å²) in [6.45, 7) is 4.09. The van der Waals surface area contributed by atoms with E-state index in [0.717, 1.165) is 17.0 Å². The Morgan fingerprint density at radius 2 is 1.66 bits per heavy atom. The number of aromatic nitrogens is 2. The first-order valence-corrected chi connectivity index (χ1v) is 14.0. The van der Waals surface area contributed by atoms with E-state index in [2.05, 4.69) is 15.3 Å². The van der Waals surface area contributed by atoms with Gasteiger partial charge < -0.3 is 24.4 Å². The lowest BCUT2D eigenvalue weighted by atomic mass is 10.0. The van der Waals surface area contributed by atoms with Crippen molar-refractivity contribution < 1.29 is 23.8 Å². The van der Waals surface area contributed by atoms with E-state index in [9.17, 15) is 9.59 Å². The molecule has 4 aromatic rings. The molecule has 210 valence electrons. The molecule has 2 amide bonds. The van der Waals surface area contributed by atoms with E-state index in [1.54, 1.807) is 54.5 Å². The molecular weight excluding hydrogens is 540 g/mol. The molecule has 1 unspecified atom stereocenters. The summed E-state index contributed by atoms with van der Waals surface area (Å²) in [7, 11) is 1.58. The Balaban J connectivity index is 1.50. The Labute approximate surface area is 242 Å². The van der Waals surface area contributed by atoms with Crippen molar-refractivity contribution in [3.63, 3.8) is 0 Å². The number of aryl methyl sites for hydroxylation is 2. The van der Waals surface area contributed by atoms with Crippen LogP contribution < -0.4 is 19.5 Å². The topological polar surface area (TPSA) is 103 Å². The highest BCUT2D eigenvalue weighted by atomic mass is 32.2. The van der Waals surface area contributed by atoms with Crippen molar-refractivity contribution in [1.82, 2.24) is 14.9 Å². The second-order valence-electron chi connectivity index (χ2n) is 9.46. The lowest BCUT2D eigenvalue weighted by molar-refractivity contribution is -0.137.